The van der Waals surface area contributed by atoms with Crippen LogP contribution in [-0.4, -0.2) is 10.9 Å². The van der Waals surface area contributed by atoms with Crippen molar-refractivity contribution in [3.05, 3.63) is 69.8 Å². The van der Waals surface area contributed by atoms with Gasteiger partial charge in [-0.1, -0.05) is 22.0 Å². The zero-order valence-electron chi connectivity index (χ0n) is 12.2. The number of hydrogen-bond donors (Lipinski definition) is 2. The molecule has 0 aliphatic rings. The summed E-state index contributed by atoms with van der Waals surface area (Å²) in [6, 6.07) is 10.1. The van der Waals surface area contributed by atoms with Gasteiger partial charge in [0.25, 0.3) is 5.91 Å². The monoisotopic (exact) mass is 378 g/mol. The molecule has 0 aliphatic heterocycles. The van der Waals surface area contributed by atoms with Gasteiger partial charge in [0.15, 0.2) is 0 Å². The second-order valence-corrected chi connectivity index (χ2v) is 6.19. The van der Waals surface area contributed by atoms with Crippen molar-refractivity contribution in [3.63, 3.8) is 0 Å². The Kier molecular flexibility index (Phi) is 4.17. The first-order chi connectivity index (χ1) is 10.9. The van der Waals surface area contributed by atoms with Crippen LogP contribution in [0, 0.1) is 11.6 Å². The zero-order chi connectivity index (χ0) is 16.6. The SMILES string of the molecule is C[C@H](NC(=O)c1cc2cc(Br)ccc2[nH]1)c1ccc(F)cc1F. The molecule has 0 unspecified atom stereocenters. The quantitative estimate of drug-likeness (QED) is 0.681. The molecule has 0 spiro atoms. The summed E-state index contributed by atoms with van der Waals surface area (Å²) in [5.74, 6) is -1.68. The number of fused-ring (bicyclic) bond motifs is 1. The van der Waals surface area contributed by atoms with Gasteiger partial charge in [0.1, 0.15) is 17.3 Å². The number of hydrogen-bond acceptors (Lipinski definition) is 1. The van der Waals surface area contributed by atoms with Crippen LogP contribution in [0.5, 0.6) is 0 Å². The van der Waals surface area contributed by atoms with Crippen molar-refractivity contribution in [2.24, 2.45) is 0 Å². The fourth-order valence-electron chi connectivity index (χ4n) is 2.43. The van der Waals surface area contributed by atoms with E-state index in [1.165, 1.54) is 12.1 Å². The molecule has 118 valence electrons. The summed E-state index contributed by atoms with van der Waals surface area (Å²) in [6.45, 7) is 1.65. The van der Waals surface area contributed by atoms with Crippen molar-refractivity contribution in [1.29, 1.82) is 0 Å². The Labute approximate surface area is 139 Å². The fourth-order valence-corrected chi connectivity index (χ4v) is 2.81. The van der Waals surface area contributed by atoms with E-state index in [-0.39, 0.29) is 11.5 Å². The lowest BCUT2D eigenvalue weighted by Gasteiger charge is -2.14. The fraction of sp³-hybridized carbons (Fsp3) is 0.118. The molecule has 0 aliphatic carbocycles. The van der Waals surface area contributed by atoms with E-state index in [9.17, 15) is 13.6 Å². The highest BCUT2D eigenvalue weighted by Gasteiger charge is 2.16. The van der Waals surface area contributed by atoms with Crippen LogP contribution >= 0.6 is 15.9 Å². The number of halogens is 3. The summed E-state index contributed by atoms with van der Waals surface area (Å²) < 4.78 is 27.6. The van der Waals surface area contributed by atoms with Crippen molar-refractivity contribution in [3.8, 4) is 0 Å². The lowest BCUT2D eigenvalue weighted by atomic mass is 10.1. The molecular weight excluding hydrogens is 366 g/mol. The Morgan fingerprint density at radius 1 is 1.17 bits per heavy atom. The van der Waals surface area contributed by atoms with Gasteiger partial charge in [-0.15, -0.1) is 0 Å². The van der Waals surface area contributed by atoms with Gasteiger partial charge < -0.3 is 10.3 Å². The normalized spacial score (nSPS) is 12.3. The summed E-state index contributed by atoms with van der Waals surface area (Å²) >= 11 is 3.38. The second kappa shape index (κ2) is 6.12. The van der Waals surface area contributed by atoms with Gasteiger partial charge >= 0.3 is 0 Å². The molecule has 0 saturated heterocycles. The van der Waals surface area contributed by atoms with Crippen LogP contribution in [-0.2, 0) is 0 Å². The number of carbonyl (C=O) groups is 1. The lowest BCUT2D eigenvalue weighted by Crippen LogP contribution is -2.27. The van der Waals surface area contributed by atoms with Gasteiger partial charge in [-0.3, -0.25) is 4.79 Å². The number of benzene rings is 2. The Bertz CT molecular complexity index is 891. The zero-order valence-corrected chi connectivity index (χ0v) is 13.7. The van der Waals surface area contributed by atoms with Crippen molar-refractivity contribution in [2.45, 2.75) is 13.0 Å². The van der Waals surface area contributed by atoms with Gasteiger partial charge in [0.2, 0.25) is 0 Å². The molecule has 3 rings (SSSR count). The Morgan fingerprint density at radius 3 is 2.70 bits per heavy atom. The second-order valence-electron chi connectivity index (χ2n) is 5.28. The third-order valence-electron chi connectivity index (χ3n) is 3.60. The van der Waals surface area contributed by atoms with E-state index in [1.54, 1.807) is 13.0 Å². The van der Waals surface area contributed by atoms with Crippen molar-refractivity contribution < 1.29 is 13.6 Å². The summed E-state index contributed by atoms with van der Waals surface area (Å²) in [5, 5.41) is 3.60. The molecular formula is C17H13BrF2N2O. The number of rotatable bonds is 3. The largest absolute Gasteiger partial charge is 0.351 e. The molecule has 0 bridgehead atoms. The van der Waals surface area contributed by atoms with E-state index < -0.39 is 17.7 Å². The van der Waals surface area contributed by atoms with E-state index in [2.05, 4.69) is 26.2 Å². The molecule has 1 heterocycles. The predicted octanol–water partition coefficient (Wildman–Crippen LogP) is 4.70. The molecule has 0 fully saturated rings. The summed E-state index contributed by atoms with van der Waals surface area (Å²) in [6.07, 6.45) is 0. The minimum atomic E-state index is -0.682. The van der Waals surface area contributed by atoms with Crippen LogP contribution in [0.1, 0.15) is 29.0 Å². The number of aromatic amines is 1. The number of H-pyrrole nitrogens is 1. The van der Waals surface area contributed by atoms with Crippen LogP contribution < -0.4 is 5.32 Å². The molecule has 3 aromatic rings. The van der Waals surface area contributed by atoms with Gasteiger partial charge in [0, 0.05) is 27.0 Å². The molecule has 1 aromatic heterocycles. The molecule has 3 nitrogen and oxygen atoms in total. The third-order valence-corrected chi connectivity index (χ3v) is 4.10. The highest BCUT2D eigenvalue weighted by Crippen LogP contribution is 2.22. The van der Waals surface area contributed by atoms with Gasteiger partial charge in [-0.25, -0.2) is 8.78 Å². The Balaban J connectivity index is 1.82. The smallest absolute Gasteiger partial charge is 0.268 e. The van der Waals surface area contributed by atoms with Gasteiger partial charge in [-0.05, 0) is 37.3 Å². The topological polar surface area (TPSA) is 44.9 Å². The number of nitrogens with one attached hydrogen (secondary N) is 2. The highest BCUT2D eigenvalue weighted by atomic mass is 79.9. The number of amides is 1. The molecule has 6 heteroatoms. The highest BCUT2D eigenvalue weighted by molar-refractivity contribution is 9.10. The summed E-state index contributed by atoms with van der Waals surface area (Å²) in [5.41, 5.74) is 1.45. The molecule has 2 aromatic carbocycles. The van der Waals surface area contributed by atoms with E-state index in [0.29, 0.717) is 5.69 Å². The van der Waals surface area contributed by atoms with E-state index >= 15 is 0 Å². The maximum absolute atomic E-state index is 13.8. The van der Waals surface area contributed by atoms with E-state index in [0.717, 1.165) is 21.4 Å². The van der Waals surface area contributed by atoms with E-state index in [1.807, 2.05) is 18.2 Å². The molecule has 2 N–H and O–H groups in total. The first-order valence-corrected chi connectivity index (χ1v) is 7.77. The minimum absolute atomic E-state index is 0.235. The molecule has 0 saturated carbocycles. The molecule has 0 radical (unpaired) electrons. The standard InChI is InChI=1S/C17H13BrF2N2O/c1-9(13-4-3-12(19)8-14(13)20)21-17(23)16-7-10-6-11(18)2-5-15(10)22-16/h2-9,22H,1H3,(H,21,23)/t9-/m0/s1. The Hall–Kier alpha value is -2.21. The van der Waals surface area contributed by atoms with Crippen molar-refractivity contribution in [1.82, 2.24) is 10.3 Å². The average Bonchev–Trinajstić information content (AvgIpc) is 2.90. The summed E-state index contributed by atoms with van der Waals surface area (Å²) in [7, 11) is 0. The first kappa shape index (κ1) is 15.7. The molecule has 23 heavy (non-hydrogen) atoms. The first-order valence-electron chi connectivity index (χ1n) is 6.98. The van der Waals surface area contributed by atoms with Crippen LogP contribution in [0.2, 0.25) is 0 Å². The Morgan fingerprint density at radius 2 is 1.96 bits per heavy atom. The summed E-state index contributed by atoms with van der Waals surface area (Å²) in [4.78, 5) is 15.3. The number of carbonyl (C=O) groups excluding carboxylic acids is 1. The molecule has 1 atom stereocenters. The van der Waals surface area contributed by atoms with Gasteiger partial charge in [0.05, 0.1) is 6.04 Å². The minimum Gasteiger partial charge on any atom is -0.351 e. The van der Waals surface area contributed by atoms with Crippen molar-refractivity contribution in [2.75, 3.05) is 0 Å². The number of aromatic nitrogens is 1. The van der Waals surface area contributed by atoms with Crippen molar-refractivity contribution >= 4 is 32.7 Å². The van der Waals surface area contributed by atoms with Crippen LogP contribution in [0.25, 0.3) is 10.9 Å². The predicted molar refractivity (Wildman–Crippen MR) is 88.2 cm³/mol. The maximum atomic E-state index is 13.8. The maximum Gasteiger partial charge on any atom is 0.268 e. The van der Waals surface area contributed by atoms with Crippen LogP contribution in [0.15, 0.2) is 46.9 Å². The van der Waals surface area contributed by atoms with Crippen LogP contribution in [0.3, 0.4) is 0 Å². The van der Waals surface area contributed by atoms with E-state index in [4.69, 9.17) is 0 Å². The third kappa shape index (κ3) is 3.27. The lowest BCUT2D eigenvalue weighted by molar-refractivity contribution is 0.0935. The average molecular weight is 379 g/mol. The molecule has 1 amide bonds. The van der Waals surface area contributed by atoms with Crippen LogP contribution in [0.4, 0.5) is 8.78 Å². The van der Waals surface area contributed by atoms with Gasteiger partial charge in [-0.2, -0.15) is 0 Å².